The molecule has 2 aromatic rings. The molecule has 0 fully saturated rings. The van der Waals surface area contributed by atoms with Gasteiger partial charge in [0.25, 0.3) is 5.56 Å². The summed E-state index contributed by atoms with van der Waals surface area (Å²) in [6, 6.07) is 0. The summed E-state index contributed by atoms with van der Waals surface area (Å²) >= 11 is 0. The molecule has 20 heavy (non-hydrogen) atoms. The predicted molar refractivity (Wildman–Crippen MR) is 70.0 cm³/mol. The van der Waals surface area contributed by atoms with Crippen LogP contribution in [0.25, 0.3) is 11.0 Å². The molecule has 0 spiro atoms. The van der Waals surface area contributed by atoms with Crippen LogP contribution in [0, 0.1) is 0 Å². The Morgan fingerprint density at radius 3 is 3.00 bits per heavy atom. The quantitative estimate of drug-likeness (QED) is 0.737. The van der Waals surface area contributed by atoms with Gasteiger partial charge in [-0.1, -0.05) is 0 Å². The Balaban J connectivity index is 2.16. The van der Waals surface area contributed by atoms with Crippen molar-refractivity contribution in [3.63, 3.8) is 0 Å². The number of aryl methyl sites for hydroxylation is 1. The summed E-state index contributed by atoms with van der Waals surface area (Å²) in [6.45, 7) is 1.93. The molecule has 0 bridgehead atoms. The summed E-state index contributed by atoms with van der Waals surface area (Å²) in [5.41, 5.74) is 0.178. The summed E-state index contributed by atoms with van der Waals surface area (Å²) < 4.78 is 7.49. The van der Waals surface area contributed by atoms with Crippen molar-refractivity contribution in [3.8, 4) is 0 Å². The van der Waals surface area contributed by atoms with Crippen LogP contribution in [0.1, 0.15) is 13.3 Å². The molecule has 0 aliphatic heterocycles. The fourth-order valence-electron chi connectivity index (χ4n) is 1.90. The molecule has 1 atom stereocenters. The Morgan fingerprint density at radius 1 is 1.55 bits per heavy atom. The molecule has 8 heteroatoms. The number of carbonyl (C=O) groups excluding carboxylic acids is 1. The topological polar surface area (TPSA) is 99.2 Å². The second-order valence-electron chi connectivity index (χ2n) is 4.37. The van der Waals surface area contributed by atoms with Gasteiger partial charge in [-0.05, 0) is 6.92 Å². The van der Waals surface area contributed by atoms with Gasteiger partial charge in [0.2, 0.25) is 0 Å². The third-order valence-corrected chi connectivity index (χ3v) is 2.83. The van der Waals surface area contributed by atoms with Crippen molar-refractivity contribution in [2.24, 2.45) is 7.05 Å². The SMILES string of the molecule is CCOC(=O)CC(O)Cn1cnc2c(cnn2C)c1=O. The van der Waals surface area contributed by atoms with Crippen LogP contribution in [0.2, 0.25) is 0 Å². The van der Waals surface area contributed by atoms with Crippen molar-refractivity contribution < 1.29 is 14.6 Å². The van der Waals surface area contributed by atoms with Crippen molar-refractivity contribution in [1.29, 1.82) is 0 Å². The van der Waals surface area contributed by atoms with E-state index in [2.05, 4.69) is 10.1 Å². The van der Waals surface area contributed by atoms with Gasteiger partial charge >= 0.3 is 5.97 Å². The smallest absolute Gasteiger partial charge is 0.308 e. The van der Waals surface area contributed by atoms with Gasteiger partial charge in [-0.25, -0.2) is 4.98 Å². The third kappa shape index (κ3) is 2.85. The fourth-order valence-corrected chi connectivity index (χ4v) is 1.90. The Bertz CT molecular complexity index is 676. The highest BCUT2D eigenvalue weighted by atomic mass is 16.5. The number of carbonyl (C=O) groups is 1. The molecular formula is C12H16N4O4. The van der Waals surface area contributed by atoms with E-state index in [-0.39, 0.29) is 25.1 Å². The van der Waals surface area contributed by atoms with E-state index >= 15 is 0 Å². The van der Waals surface area contributed by atoms with Gasteiger partial charge in [0.15, 0.2) is 5.65 Å². The Kier molecular flexibility index (Phi) is 4.14. The van der Waals surface area contributed by atoms with Crippen molar-refractivity contribution >= 4 is 17.0 Å². The van der Waals surface area contributed by atoms with Crippen LogP contribution in [-0.4, -0.2) is 43.1 Å². The van der Waals surface area contributed by atoms with E-state index in [0.29, 0.717) is 11.0 Å². The van der Waals surface area contributed by atoms with Gasteiger partial charge in [-0.3, -0.25) is 18.8 Å². The molecule has 0 amide bonds. The van der Waals surface area contributed by atoms with Crippen molar-refractivity contribution in [2.75, 3.05) is 6.61 Å². The zero-order valence-electron chi connectivity index (χ0n) is 11.3. The van der Waals surface area contributed by atoms with Gasteiger partial charge in [-0.2, -0.15) is 5.10 Å². The van der Waals surface area contributed by atoms with Gasteiger partial charge in [-0.15, -0.1) is 0 Å². The second-order valence-corrected chi connectivity index (χ2v) is 4.37. The van der Waals surface area contributed by atoms with Crippen molar-refractivity contribution in [3.05, 3.63) is 22.9 Å². The van der Waals surface area contributed by atoms with Gasteiger partial charge in [0.1, 0.15) is 11.7 Å². The highest BCUT2D eigenvalue weighted by Gasteiger charge is 2.15. The zero-order valence-corrected chi connectivity index (χ0v) is 11.3. The summed E-state index contributed by atoms with van der Waals surface area (Å²) in [5, 5.41) is 14.1. The third-order valence-electron chi connectivity index (χ3n) is 2.83. The van der Waals surface area contributed by atoms with E-state index in [4.69, 9.17) is 4.74 Å². The van der Waals surface area contributed by atoms with Gasteiger partial charge in [0, 0.05) is 7.05 Å². The normalized spacial score (nSPS) is 12.6. The van der Waals surface area contributed by atoms with Crippen LogP contribution >= 0.6 is 0 Å². The van der Waals surface area contributed by atoms with E-state index in [1.807, 2.05) is 0 Å². The minimum Gasteiger partial charge on any atom is -0.466 e. The first-order valence-corrected chi connectivity index (χ1v) is 6.23. The average Bonchev–Trinajstić information content (AvgIpc) is 2.75. The van der Waals surface area contributed by atoms with E-state index < -0.39 is 12.1 Å². The fraction of sp³-hybridized carbons (Fsp3) is 0.500. The number of nitrogens with zero attached hydrogens (tertiary/aromatic N) is 4. The average molecular weight is 280 g/mol. The van der Waals surface area contributed by atoms with Crippen molar-refractivity contribution in [1.82, 2.24) is 19.3 Å². The molecule has 0 aromatic carbocycles. The van der Waals surface area contributed by atoms with Crippen LogP contribution < -0.4 is 5.56 Å². The number of hydrogen-bond acceptors (Lipinski definition) is 6. The second kappa shape index (κ2) is 5.83. The summed E-state index contributed by atoms with van der Waals surface area (Å²) in [7, 11) is 1.69. The minimum atomic E-state index is -0.998. The van der Waals surface area contributed by atoms with Crippen LogP contribution in [-0.2, 0) is 23.1 Å². The monoisotopic (exact) mass is 280 g/mol. The largest absolute Gasteiger partial charge is 0.466 e. The van der Waals surface area contributed by atoms with E-state index in [1.54, 1.807) is 14.0 Å². The highest BCUT2D eigenvalue weighted by Crippen LogP contribution is 2.04. The molecule has 0 radical (unpaired) electrons. The molecule has 8 nitrogen and oxygen atoms in total. The minimum absolute atomic E-state index is 0.0184. The Labute approximate surface area is 114 Å². The molecule has 2 heterocycles. The summed E-state index contributed by atoms with van der Waals surface area (Å²) in [6.07, 6.45) is 1.60. The lowest BCUT2D eigenvalue weighted by atomic mass is 10.2. The standard InChI is InChI=1S/C12H16N4O4/c1-3-20-10(18)4-8(17)6-16-7-13-11-9(12(16)19)5-14-15(11)2/h5,7-8,17H,3-4,6H2,1-2H3. The summed E-state index contributed by atoms with van der Waals surface area (Å²) in [4.78, 5) is 27.5. The first-order chi connectivity index (χ1) is 9.52. The summed E-state index contributed by atoms with van der Waals surface area (Å²) in [5.74, 6) is -0.497. The molecule has 1 unspecified atom stereocenters. The maximum absolute atomic E-state index is 12.1. The maximum atomic E-state index is 12.1. The van der Waals surface area contributed by atoms with Gasteiger partial charge in [0.05, 0.1) is 31.9 Å². The molecule has 0 saturated heterocycles. The lowest BCUT2D eigenvalue weighted by Crippen LogP contribution is -2.28. The van der Waals surface area contributed by atoms with E-state index in [0.717, 1.165) is 0 Å². The zero-order chi connectivity index (χ0) is 14.7. The highest BCUT2D eigenvalue weighted by molar-refractivity contribution is 5.72. The van der Waals surface area contributed by atoms with E-state index in [1.165, 1.54) is 21.8 Å². The number of aromatic nitrogens is 4. The molecule has 0 aliphatic rings. The molecular weight excluding hydrogens is 264 g/mol. The molecule has 0 aliphatic carbocycles. The number of aliphatic hydroxyl groups is 1. The van der Waals surface area contributed by atoms with Crippen molar-refractivity contribution in [2.45, 2.75) is 26.0 Å². The Hall–Kier alpha value is -2.22. The molecule has 0 saturated carbocycles. The number of fused-ring (bicyclic) bond motifs is 1. The van der Waals surface area contributed by atoms with E-state index in [9.17, 15) is 14.7 Å². The van der Waals surface area contributed by atoms with Crippen LogP contribution in [0.3, 0.4) is 0 Å². The molecule has 108 valence electrons. The molecule has 1 N–H and O–H groups in total. The van der Waals surface area contributed by atoms with Crippen LogP contribution in [0.15, 0.2) is 17.3 Å². The lowest BCUT2D eigenvalue weighted by molar-refractivity contribution is -0.145. The number of ether oxygens (including phenoxy) is 1. The van der Waals surface area contributed by atoms with Crippen LogP contribution in [0.5, 0.6) is 0 Å². The molecule has 2 rings (SSSR count). The lowest BCUT2D eigenvalue weighted by Gasteiger charge is -2.11. The number of hydrogen-bond donors (Lipinski definition) is 1. The Morgan fingerprint density at radius 2 is 2.30 bits per heavy atom. The number of rotatable bonds is 5. The first kappa shape index (κ1) is 14.2. The number of aliphatic hydroxyl groups excluding tert-OH is 1. The van der Waals surface area contributed by atoms with Crippen LogP contribution in [0.4, 0.5) is 0 Å². The number of esters is 1. The maximum Gasteiger partial charge on any atom is 0.308 e. The first-order valence-electron chi connectivity index (χ1n) is 6.23. The molecule has 2 aromatic heterocycles. The van der Waals surface area contributed by atoms with Gasteiger partial charge < -0.3 is 9.84 Å². The predicted octanol–water partition coefficient (Wildman–Crippen LogP) is -0.556.